The lowest BCUT2D eigenvalue weighted by molar-refractivity contribution is 0.615. The van der Waals surface area contributed by atoms with Crippen LogP contribution in [-0.2, 0) is 6.42 Å². The third-order valence-electron chi connectivity index (χ3n) is 1.88. The summed E-state index contributed by atoms with van der Waals surface area (Å²) in [6.45, 7) is 2.19. The van der Waals surface area contributed by atoms with Gasteiger partial charge in [0.05, 0.1) is 5.75 Å². The van der Waals surface area contributed by atoms with E-state index in [1.165, 1.54) is 18.4 Å². The van der Waals surface area contributed by atoms with E-state index in [4.69, 9.17) is 8.05 Å². The molecule has 1 aromatic carbocycles. The van der Waals surface area contributed by atoms with Gasteiger partial charge in [-0.3, -0.25) is 0 Å². The summed E-state index contributed by atoms with van der Waals surface area (Å²) in [4.78, 5) is 0. The third-order valence-corrected chi connectivity index (χ3v) is 1.88. The van der Waals surface area contributed by atoms with Gasteiger partial charge >= 0.3 is 8.05 Å². The maximum absolute atomic E-state index is 5.00. The molecule has 2 radical (unpaired) electrons. The molecule has 0 aliphatic rings. The molecule has 0 aliphatic carbocycles. The summed E-state index contributed by atoms with van der Waals surface area (Å²) in [5, 5.41) is 0. The molecule has 1 aromatic rings. The number of unbranched alkanes of at least 4 members (excludes halogenated alkanes) is 1. The second-order valence-corrected chi connectivity index (χ2v) is 2.87. The zero-order chi connectivity index (χ0) is 8.81. The Morgan fingerprint density at radius 1 is 1.25 bits per heavy atom. The normalized spacial score (nSPS) is 9.75. The monoisotopic (exact) mass is 160 g/mol. The Balaban J connectivity index is 2.53. The fourth-order valence-corrected chi connectivity index (χ4v) is 1.12. The Hall–Kier alpha value is -0.915. The SMILES string of the molecule is [B]Oc1ccc(CCCC)cc1. The van der Waals surface area contributed by atoms with E-state index in [2.05, 4.69) is 23.7 Å². The van der Waals surface area contributed by atoms with E-state index in [0.29, 0.717) is 0 Å². The van der Waals surface area contributed by atoms with Crippen LogP contribution in [0.25, 0.3) is 0 Å². The van der Waals surface area contributed by atoms with Crippen LogP contribution in [0.15, 0.2) is 24.3 Å². The number of hydrogen-bond acceptors (Lipinski definition) is 1. The summed E-state index contributed by atoms with van der Waals surface area (Å²) in [5.74, 6) is 0.718. The molecule has 0 atom stereocenters. The van der Waals surface area contributed by atoms with E-state index in [9.17, 15) is 0 Å². The summed E-state index contributed by atoms with van der Waals surface area (Å²) < 4.78 is 4.57. The lowest BCUT2D eigenvalue weighted by atomic mass is 10.1. The molecule has 0 aliphatic heterocycles. The number of hydrogen-bond donors (Lipinski definition) is 0. The number of rotatable bonds is 4. The summed E-state index contributed by atoms with van der Waals surface area (Å²) in [6.07, 6.45) is 3.61. The van der Waals surface area contributed by atoms with Crippen molar-refractivity contribution in [1.29, 1.82) is 0 Å². The highest BCUT2D eigenvalue weighted by atomic mass is 16.4. The van der Waals surface area contributed by atoms with Gasteiger partial charge in [0.1, 0.15) is 0 Å². The van der Waals surface area contributed by atoms with Crippen molar-refractivity contribution in [1.82, 2.24) is 0 Å². The Morgan fingerprint density at radius 3 is 2.42 bits per heavy atom. The molecule has 2 heteroatoms. The lowest BCUT2D eigenvalue weighted by Crippen LogP contribution is -1.87. The summed E-state index contributed by atoms with van der Waals surface area (Å²) in [5.41, 5.74) is 1.35. The first-order valence-corrected chi connectivity index (χ1v) is 4.32. The predicted octanol–water partition coefficient (Wildman–Crippen LogP) is 2.49. The minimum atomic E-state index is 0.718. The van der Waals surface area contributed by atoms with Gasteiger partial charge in [-0.05, 0) is 30.5 Å². The van der Waals surface area contributed by atoms with Crippen molar-refractivity contribution in [2.75, 3.05) is 0 Å². The molecule has 0 bridgehead atoms. The van der Waals surface area contributed by atoms with Crippen molar-refractivity contribution >= 4 is 8.05 Å². The highest BCUT2D eigenvalue weighted by Gasteiger charge is 1.92. The number of benzene rings is 1. The molecule has 62 valence electrons. The average molecular weight is 160 g/mol. The quantitative estimate of drug-likeness (QED) is 0.614. The Kier molecular flexibility index (Phi) is 3.72. The topological polar surface area (TPSA) is 9.23 Å². The van der Waals surface area contributed by atoms with Crippen LogP contribution in [0.4, 0.5) is 0 Å². The second kappa shape index (κ2) is 4.86. The average Bonchev–Trinajstić information content (AvgIpc) is 2.15. The van der Waals surface area contributed by atoms with Crippen molar-refractivity contribution in [2.45, 2.75) is 26.2 Å². The van der Waals surface area contributed by atoms with E-state index in [1.54, 1.807) is 0 Å². The zero-order valence-electron chi connectivity index (χ0n) is 7.42. The van der Waals surface area contributed by atoms with E-state index in [-0.39, 0.29) is 0 Å². The molecule has 1 nitrogen and oxygen atoms in total. The fraction of sp³-hybridized carbons (Fsp3) is 0.400. The highest BCUT2D eigenvalue weighted by Crippen LogP contribution is 2.12. The minimum absolute atomic E-state index is 0.718. The van der Waals surface area contributed by atoms with Crippen LogP contribution in [0.5, 0.6) is 5.75 Å². The zero-order valence-corrected chi connectivity index (χ0v) is 7.42. The Labute approximate surface area is 75.2 Å². The summed E-state index contributed by atoms with van der Waals surface area (Å²) in [7, 11) is 5.00. The molecule has 0 fully saturated rings. The molecule has 0 aromatic heterocycles. The third kappa shape index (κ3) is 2.61. The lowest BCUT2D eigenvalue weighted by Gasteiger charge is -2.02. The van der Waals surface area contributed by atoms with Crippen LogP contribution in [0.3, 0.4) is 0 Å². The molecule has 0 amide bonds. The van der Waals surface area contributed by atoms with Crippen LogP contribution in [-0.4, -0.2) is 8.05 Å². The molecule has 0 N–H and O–H groups in total. The van der Waals surface area contributed by atoms with Gasteiger partial charge in [-0.2, -0.15) is 0 Å². The fourth-order valence-electron chi connectivity index (χ4n) is 1.12. The largest absolute Gasteiger partial charge is 0.568 e. The van der Waals surface area contributed by atoms with E-state index >= 15 is 0 Å². The predicted molar refractivity (Wildman–Crippen MR) is 51.4 cm³/mol. The molecule has 0 heterocycles. The van der Waals surface area contributed by atoms with E-state index in [0.717, 1.165) is 12.2 Å². The minimum Gasteiger partial charge on any atom is -0.568 e. The molecule has 12 heavy (non-hydrogen) atoms. The van der Waals surface area contributed by atoms with Gasteiger partial charge in [-0.1, -0.05) is 25.5 Å². The molecule has 0 spiro atoms. The van der Waals surface area contributed by atoms with Gasteiger partial charge in [0.25, 0.3) is 0 Å². The van der Waals surface area contributed by atoms with Crippen LogP contribution in [0.2, 0.25) is 0 Å². The van der Waals surface area contributed by atoms with Crippen LogP contribution in [0, 0.1) is 0 Å². The summed E-state index contributed by atoms with van der Waals surface area (Å²) >= 11 is 0. The first kappa shape index (κ1) is 9.18. The first-order chi connectivity index (χ1) is 5.86. The maximum atomic E-state index is 5.00. The molecule has 1 rings (SSSR count). The van der Waals surface area contributed by atoms with Crippen LogP contribution in [0.1, 0.15) is 25.3 Å². The van der Waals surface area contributed by atoms with Gasteiger partial charge < -0.3 is 4.65 Å². The number of aryl methyl sites for hydroxylation is 1. The van der Waals surface area contributed by atoms with Crippen molar-refractivity contribution in [3.05, 3.63) is 29.8 Å². The van der Waals surface area contributed by atoms with Gasteiger partial charge in [0.2, 0.25) is 0 Å². The van der Waals surface area contributed by atoms with Crippen LogP contribution >= 0.6 is 0 Å². The van der Waals surface area contributed by atoms with Crippen LogP contribution < -0.4 is 4.65 Å². The molecule has 0 saturated carbocycles. The van der Waals surface area contributed by atoms with Gasteiger partial charge in [-0.15, -0.1) is 0 Å². The van der Waals surface area contributed by atoms with Crippen molar-refractivity contribution in [2.24, 2.45) is 0 Å². The second-order valence-electron chi connectivity index (χ2n) is 2.87. The van der Waals surface area contributed by atoms with Gasteiger partial charge in [0.15, 0.2) is 0 Å². The molecular weight excluding hydrogens is 147 g/mol. The Bertz CT molecular complexity index is 218. The van der Waals surface area contributed by atoms with E-state index < -0.39 is 0 Å². The van der Waals surface area contributed by atoms with Crippen molar-refractivity contribution in [3.8, 4) is 5.75 Å². The van der Waals surface area contributed by atoms with Crippen molar-refractivity contribution in [3.63, 3.8) is 0 Å². The first-order valence-electron chi connectivity index (χ1n) is 4.32. The Morgan fingerprint density at radius 2 is 1.92 bits per heavy atom. The molecular formula is C10H13BO. The molecule has 0 unspecified atom stereocenters. The van der Waals surface area contributed by atoms with Crippen molar-refractivity contribution < 1.29 is 4.65 Å². The highest BCUT2D eigenvalue weighted by molar-refractivity contribution is 5.99. The molecule has 0 saturated heterocycles. The summed E-state index contributed by atoms with van der Waals surface area (Å²) in [6, 6.07) is 7.89. The maximum Gasteiger partial charge on any atom is 0.374 e. The smallest absolute Gasteiger partial charge is 0.374 e. The van der Waals surface area contributed by atoms with E-state index in [1.807, 2.05) is 12.1 Å². The van der Waals surface area contributed by atoms with Gasteiger partial charge in [0, 0.05) is 0 Å². The van der Waals surface area contributed by atoms with Gasteiger partial charge in [-0.25, -0.2) is 0 Å². The standard InChI is InChI=1S/C10H13BO/c1-2-3-4-9-5-7-10(12-11)8-6-9/h5-8H,2-4H2,1H3.